The molecule has 0 bridgehead atoms. The number of hydrogen-bond acceptors (Lipinski definition) is 3. The van der Waals surface area contributed by atoms with Crippen molar-refractivity contribution in [2.45, 2.75) is 19.9 Å². The molecule has 1 aromatic heterocycles. The Morgan fingerprint density at radius 3 is 2.31 bits per heavy atom. The highest BCUT2D eigenvalue weighted by molar-refractivity contribution is 5.95. The summed E-state index contributed by atoms with van der Waals surface area (Å²) in [5.74, 6) is -0.125. The summed E-state index contributed by atoms with van der Waals surface area (Å²) in [6.45, 7) is 4.85. The van der Waals surface area contributed by atoms with Gasteiger partial charge in [0.05, 0.1) is 23.5 Å². The first-order chi connectivity index (χ1) is 12.7. The van der Waals surface area contributed by atoms with Gasteiger partial charge in [0.1, 0.15) is 0 Å². The van der Waals surface area contributed by atoms with Crippen LogP contribution in [0.25, 0.3) is 0 Å². The standard InChI is InChI=1S/C22H23N3O/c1-3-25(20-12-8-5-9-13-20)21-14-19(15-23-16-21)22(26)24-17(2)18-10-6-4-7-11-18/h4-17H,3H2,1-2H3,(H,24,26). The number of hydrogen-bond donors (Lipinski definition) is 1. The first-order valence-corrected chi connectivity index (χ1v) is 8.82. The van der Waals surface area contributed by atoms with Crippen LogP contribution < -0.4 is 10.2 Å². The van der Waals surface area contributed by atoms with Crippen LogP contribution in [0, 0.1) is 0 Å². The van der Waals surface area contributed by atoms with Crippen molar-refractivity contribution in [2.24, 2.45) is 0 Å². The molecule has 0 fully saturated rings. The number of carbonyl (C=O) groups is 1. The number of amides is 1. The van der Waals surface area contributed by atoms with Crippen LogP contribution in [0.5, 0.6) is 0 Å². The van der Waals surface area contributed by atoms with Crippen molar-refractivity contribution in [1.29, 1.82) is 0 Å². The van der Waals surface area contributed by atoms with Gasteiger partial charge in [-0.2, -0.15) is 0 Å². The number of anilines is 2. The molecule has 26 heavy (non-hydrogen) atoms. The first kappa shape index (κ1) is 17.7. The minimum Gasteiger partial charge on any atom is -0.345 e. The number of para-hydroxylation sites is 1. The summed E-state index contributed by atoms with van der Waals surface area (Å²) in [6, 6.07) is 21.8. The van der Waals surface area contributed by atoms with Crippen LogP contribution in [-0.4, -0.2) is 17.4 Å². The second kappa shape index (κ2) is 8.30. The molecule has 0 aliphatic rings. The number of pyridine rings is 1. The Morgan fingerprint density at radius 2 is 1.65 bits per heavy atom. The number of carbonyl (C=O) groups excluding carboxylic acids is 1. The molecule has 0 saturated heterocycles. The lowest BCUT2D eigenvalue weighted by molar-refractivity contribution is 0.0939. The van der Waals surface area contributed by atoms with E-state index < -0.39 is 0 Å². The molecule has 1 amide bonds. The third kappa shape index (κ3) is 4.09. The van der Waals surface area contributed by atoms with E-state index in [9.17, 15) is 4.79 Å². The Morgan fingerprint density at radius 1 is 1.00 bits per heavy atom. The van der Waals surface area contributed by atoms with Gasteiger partial charge in [0.25, 0.3) is 5.91 Å². The van der Waals surface area contributed by atoms with Crippen molar-refractivity contribution < 1.29 is 4.79 Å². The minimum absolute atomic E-state index is 0.0660. The van der Waals surface area contributed by atoms with Gasteiger partial charge in [0, 0.05) is 18.4 Å². The molecule has 3 aromatic rings. The monoisotopic (exact) mass is 345 g/mol. The molecule has 1 heterocycles. The Hall–Kier alpha value is -3.14. The zero-order valence-electron chi connectivity index (χ0n) is 15.1. The van der Waals surface area contributed by atoms with Gasteiger partial charge in [0.15, 0.2) is 0 Å². The molecular formula is C22H23N3O. The molecule has 3 rings (SSSR count). The average molecular weight is 345 g/mol. The molecule has 2 aromatic carbocycles. The lowest BCUT2D eigenvalue weighted by atomic mass is 10.1. The fourth-order valence-corrected chi connectivity index (χ4v) is 2.93. The van der Waals surface area contributed by atoms with E-state index in [1.807, 2.05) is 73.7 Å². The number of rotatable bonds is 6. The lowest BCUT2D eigenvalue weighted by Crippen LogP contribution is -2.27. The van der Waals surface area contributed by atoms with Crippen molar-refractivity contribution in [3.63, 3.8) is 0 Å². The van der Waals surface area contributed by atoms with E-state index in [1.165, 1.54) is 0 Å². The number of benzene rings is 2. The van der Waals surface area contributed by atoms with Crippen molar-refractivity contribution in [3.05, 3.63) is 90.3 Å². The van der Waals surface area contributed by atoms with E-state index in [0.29, 0.717) is 5.56 Å². The smallest absolute Gasteiger partial charge is 0.253 e. The number of nitrogens with zero attached hydrogens (tertiary/aromatic N) is 2. The van der Waals surface area contributed by atoms with Gasteiger partial charge in [-0.25, -0.2) is 0 Å². The normalized spacial score (nSPS) is 11.6. The fraction of sp³-hybridized carbons (Fsp3) is 0.182. The van der Waals surface area contributed by atoms with Gasteiger partial charge in [-0.15, -0.1) is 0 Å². The second-order valence-corrected chi connectivity index (χ2v) is 6.12. The van der Waals surface area contributed by atoms with Gasteiger partial charge in [-0.05, 0) is 37.6 Å². The molecule has 1 unspecified atom stereocenters. The molecule has 1 atom stereocenters. The fourth-order valence-electron chi connectivity index (χ4n) is 2.93. The number of aromatic nitrogens is 1. The zero-order valence-corrected chi connectivity index (χ0v) is 15.1. The van der Waals surface area contributed by atoms with Crippen molar-refractivity contribution in [2.75, 3.05) is 11.4 Å². The molecule has 1 N–H and O–H groups in total. The molecule has 4 heteroatoms. The van der Waals surface area contributed by atoms with Crippen LogP contribution in [0.3, 0.4) is 0 Å². The van der Waals surface area contributed by atoms with Gasteiger partial charge < -0.3 is 10.2 Å². The lowest BCUT2D eigenvalue weighted by Gasteiger charge is -2.23. The second-order valence-electron chi connectivity index (χ2n) is 6.12. The summed E-state index contributed by atoms with van der Waals surface area (Å²) in [5.41, 5.74) is 3.61. The van der Waals surface area contributed by atoms with Crippen molar-refractivity contribution in [3.8, 4) is 0 Å². The maximum absolute atomic E-state index is 12.7. The third-order valence-corrected chi connectivity index (χ3v) is 4.33. The number of nitrogens with one attached hydrogen (secondary N) is 1. The Bertz CT molecular complexity index is 850. The molecule has 0 spiro atoms. The Balaban J connectivity index is 1.79. The maximum atomic E-state index is 12.7. The summed E-state index contributed by atoms with van der Waals surface area (Å²) in [7, 11) is 0. The van der Waals surface area contributed by atoms with Crippen LogP contribution in [0.2, 0.25) is 0 Å². The largest absolute Gasteiger partial charge is 0.345 e. The summed E-state index contributed by atoms with van der Waals surface area (Å²) < 4.78 is 0. The Kier molecular flexibility index (Phi) is 5.64. The molecule has 0 radical (unpaired) electrons. The topological polar surface area (TPSA) is 45.2 Å². The highest BCUT2D eigenvalue weighted by Gasteiger charge is 2.14. The summed E-state index contributed by atoms with van der Waals surface area (Å²) in [4.78, 5) is 19.1. The molecule has 4 nitrogen and oxygen atoms in total. The predicted octanol–water partition coefficient (Wildman–Crippen LogP) is 4.73. The molecule has 132 valence electrons. The average Bonchev–Trinajstić information content (AvgIpc) is 2.70. The summed E-state index contributed by atoms with van der Waals surface area (Å²) in [6.07, 6.45) is 3.39. The highest BCUT2D eigenvalue weighted by atomic mass is 16.1. The molecular weight excluding hydrogens is 322 g/mol. The Labute approximate surface area is 154 Å². The maximum Gasteiger partial charge on any atom is 0.253 e. The van der Waals surface area contributed by atoms with Crippen LogP contribution in [0.15, 0.2) is 79.1 Å². The molecule has 0 saturated carbocycles. The molecule has 0 aliphatic heterocycles. The zero-order chi connectivity index (χ0) is 18.4. The van der Waals surface area contributed by atoms with E-state index in [1.54, 1.807) is 12.4 Å². The summed E-state index contributed by atoms with van der Waals surface area (Å²) in [5, 5.41) is 3.04. The van der Waals surface area contributed by atoms with E-state index in [-0.39, 0.29) is 11.9 Å². The predicted molar refractivity (Wildman–Crippen MR) is 106 cm³/mol. The quantitative estimate of drug-likeness (QED) is 0.702. The van der Waals surface area contributed by atoms with Crippen molar-refractivity contribution in [1.82, 2.24) is 10.3 Å². The van der Waals surface area contributed by atoms with Crippen LogP contribution >= 0.6 is 0 Å². The van der Waals surface area contributed by atoms with Crippen molar-refractivity contribution >= 4 is 17.3 Å². The van der Waals surface area contributed by atoms with E-state index in [2.05, 4.69) is 22.1 Å². The van der Waals surface area contributed by atoms with Crippen LogP contribution in [0.4, 0.5) is 11.4 Å². The van der Waals surface area contributed by atoms with Gasteiger partial charge in [-0.3, -0.25) is 9.78 Å². The van der Waals surface area contributed by atoms with Gasteiger partial charge in [-0.1, -0.05) is 48.5 Å². The summed E-state index contributed by atoms with van der Waals surface area (Å²) >= 11 is 0. The first-order valence-electron chi connectivity index (χ1n) is 8.82. The molecule has 0 aliphatic carbocycles. The third-order valence-electron chi connectivity index (χ3n) is 4.33. The minimum atomic E-state index is -0.125. The van der Waals surface area contributed by atoms with Crippen LogP contribution in [-0.2, 0) is 0 Å². The van der Waals surface area contributed by atoms with Crippen LogP contribution in [0.1, 0.15) is 35.8 Å². The van der Waals surface area contributed by atoms with E-state index >= 15 is 0 Å². The van der Waals surface area contributed by atoms with E-state index in [0.717, 1.165) is 23.5 Å². The highest BCUT2D eigenvalue weighted by Crippen LogP contribution is 2.25. The SMILES string of the molecule is CCN(c1ccccc1)c1cncc(C(=O)NC(C)c2ccccc2)c1. The van der Waals surface area contributed by atoms with E-state index in [4.69, 9.17) is 0 Å². The van der Waals surface area contributed by atoms with Gasteiger partial charge in [0.2, 0.25) is 0 Å². The van der Waals surface area contributed by atoms with Gasteiger partial charge >= 0.3 is 0 Å².